The minimum absolute atomic E-state index is 0.267. The summed E-state index contributed by atoms with van der Waals surface area (Å²) in [6.07, 6.45) is 0. The third-order valence-corrected chi connectivity index (χ3v) is 1.86. The van der Waals surface area contributed by atoms with Crippen LogP contribution in [-0.4, -0.2) is 49.3 Å². The lowest BCUT2D eigenvalue weighted by atomic mass is 10.2. The van der Waals surface area contributed by atoms with Crippen LogP contribution < -0.4 is 5.32 Å². The summed E-state index contributed by atoms with van der Waals surface area (Å²) in [6, 6.07) is 0.332. The van der Waals surface area contributed by atoms with E-state index < -0.39 is 0 Å². The Morgan fingerprint density at radius 1 is 1.78 bits per heavy atom. The van der Waals surface area contributed by atoms with Gasteiger partial charge in [-0.25, -0.2) is 0 Å². The highest BCUT2D eigenvalue weighted by Gasteiger charge is 2.16. The third kappa shape index (κ3) is 1.64. The minimum Gasteiger partial charge on any atom is -0.395 e. The molecule has 0 unspecified atom stereocenters. The molecule has 1 aliphatic heterocycles. The van der Waals surface area contributed by atoms with Crippen LogP contribution in [0, 0.1) is 0 Å². The minimum atomic E-state index is 0.267. The van der Waals surface area contributed by atoms with Crippen LogP contribution in [0.1, 0.15) is 0 Å². The Hall–Kier alpha value is -0.120. The van der Waals surface area contributed by atoms with Crippen molar-refractivity contribution in [1.82, 2.24) is 10.2 Å². The number of nitrogens with one attached hydrogen (secondary N) is 1. The molecule has 9 heavy (non-hydrogen) atoms. The molecule has 1 heterocycles. The van der Waals surface area contributed by atoms with E-state index in [-0.39, 0.29) is 6.61 Å². The molecule has 0 aromatic carbocycles. The number of nitrogens with zero attached hydrogens (tertiary/aromatic N) is 1. The van der Waals surface area contributed by atoms with Crippen LogP contribution >= 0.6 is 0 Å². The van der Waals surface area contributed by atoms with Crippen molar-refractivity contribution in [3.05, 3.63) is 0 Å². The van der Waals surface area contributed by atoms with Crippen molar-refractivity contribution in [1.29, 1.82) is 0 Å². The third-order valence-electron chi connectivity index (χ3n) is 1.86. The van der Waals surface area contributed by atoms with E-state index >= 15 is 0 Å². The maximum atomic E-state index is 8.78. The number of hydrogen-bond donors (Lipinski definition) is 2. The molecule has 0 saturated carbocycles. The Morgan fingerprint density at radius 2 is 2.56 bits per heavy atom. The molecule has 1 rings (SSSR count). The maximum absolute atomic E-state index is 8.78. The van der Waals surface area contributed by atoms with Gasteiger partial charge in [-0.05, 0) is 7.05 Å². The Bertz CT molecular complexity index is 87.1. The first kappa shape index (κ1) is 6.99. The number of aliphatic hydroxyl groups is 1. The van der Waals surface area contributed by atoms with E-state index in [9.17, 15) is 0 Å². The van der Waals surface area contributed by atoms with E-state index in [0.29, 0.717) is 6.04 Å². The van der Waals surface area contributed by atoms with E-state index in [1.165, 1.54) is 0 Å². The number of piperazine rings is 1. The summed E-state index contributed by atoms with van der Waals surface area (Å²) in [7, 11) is 2.04. The van der Waals surface area contributed by atoms with Gasteiger partial charge in [0.2, 0.25) is 0 Å². The van der Waals surface area contributed by atoms with Gasteiger partial charge in [0.25, 0.3) is 0 Å². The van der Waals surface area contributed by atoms with Crippen molar-refractivity contribution in [2.24, 2.45) is 0 Å². The highest BCUT2D eigenvalue weighted by Crippen LogP contribution is 1.96. The van der Waals surface area contributed by atoms with Gasteiger partial charge in [-0.15, -0.1) is 0 Å². The fourth-order valence-electron chi connectivity index (χ4n) is 1.07. The molecule has 0 aliphatic carbocycles. The largest absolute Gasteiger partial charge is 0.395 e. The van der Waals surface area contributed by atoms with Gasteiger partial charge in [0.15, 0.2) is 0 Å². The van der Waals surface area contributed by atoms with Crippen molar-refractivity contribution in [3.8, 4) is 0 Å². The predicted octanol–water partition coefficient (Wildman–Crippen LogP) is -1.12. The first-order chi connectivity index (χ1) is 4.34. The number of rotatable bonds is 1. The first-order valence-corrected chi connectivity index (χ1v) is 3.36. The van der Waals surface area contributed by atoms with Crippen LogP contribution in [-0.2, 0) is 0 Å². The molecule has 1 atom stereocenters. The van der Waals surface area contributed by atoms with Gasteiger partial charge in [0.05, 0.1) is 6.61 Å². The van der Waals surface area contributed by atoms with Crippen LogP contribution in [0.3, 0.4) is 0 Å². The number of aliphatic hydroxyl groups excluding tert-OH is 1. The lowest BCUT2D eigenvalue weighted by Crippen LogP contribution is -2.50. The van der Waals surface area contributed by atoms with E-state index in [1.54, 1.807) is 0 Å². The average Bonchev–Trinajstić information content (AvgIpc) is 1.89. The fourth-order valence-corrected chi connectivity index (χ4v) is 1.07. The Kier molecular flexibility index (Phi) is 2.45. The molecule has 0 aromatic rings. The fraction of sp³-hybridized carbons (Fsp3) is 1.00. The monoisotopic (exact) mass is 130 g/mol. The summed E-state index contributed by atoms with van der Waals surface area (Å²) in [5, 5.41) is 12.0. The molecule has 0 radical (unpaired) electrons. The summed E-state index contributed by atoms with van der Waals surface area (Å²) >= 11 is 0. The van der Waals surface area contributed by atoms with Gasteiger partial charge in [-0.1, -0.05) is 0 Å². The Labute approximate surface area is 55.7 Å². The molecule has 0 bridgehead atoms. The summed E-state index contributed by atoms with van der Waals surface area (Å²) in [5.41, 5.74) is 0. The summed E-state index contributed by atoms with van der Waals surface area (Å²) in [5.74, 6) is 0. The smallest absolute Gasteiger partial charge is 0.0599 e. The zero-order valence-corrected chi connectivity index (χ0v) is 5.80. The molecule has 3 nitrogen and oxygen atoms in total. The van der Waals surface area contributed by atoms with Crippen LogP contribution in [0.4, 0.5) is 0 Å². The second kappa shape index (κ2) is 3.15. The van der Waals surface area contributed by atoms with Crippen molar-refractivity contribution in [2.45, 2.75) is 6.04 Å². The molecule has 1 aliphatic rings. The zero-order chi connectivity index (χ0) is 6.69. The molecule has 1 saturated heterocycles. The van der Waals surface area contributed by atoms with Gasteiger partial charge in [0.1, 0.15) is 0 Å². The van der Waals surface area contributed by atoms with Crippen LogP contribution in [0.15, 0.2) is 0 Å². The van der Waals surface area contributed by atoms with Crippen molar-refractivity contribution < 1.29 is 5.11 Å². The molecule has 54 valence electrons. The molecular formula is C6H14N2O. The van der Waals surface area contributed by atoms with Crippen molar-refractivity contribution in [3.63, 3.8) is 0 Å². The maximum Gasteiger partial charge on any atom is 0.0599 e. The second-order valence-corrected chi connectivity index (χ2v) is 2.52. The Balaban J connectivity index is 2.30. The Morgan fingerprint density at radius 3 is 3.00 bits per heavy atom. The van der Waals surface area contributed by atoms with Gasteiger partial charge in [-0.3, -0.25) is 4.90 Å². The summed E-state index contributed by atoms with van der Waals surface area (Å²) in [4.78, 5) is 2.18. The lowest BCUT2D eigenvalue weighted by molar-refractivity contribution is 0.124. The zero-order valence-electron chi connectivity index (χ0n) is 5.80. The molecule has 2 N–H and O–H groups in total. The summed E-state index contributed by atoms with van der Waals surface area (Å²) < 4.78 is 0. The van der Waals surface area contributed by atoms with Gasteiger partial charge >= 0.3 is 0 Å². The molecule has 3 heteroatoms. The highest BCUT2D eigenvalue weighted by molar-refractivity contribution is 4.75. The number of likely N-dealkylation sites (N-methyl/N-ethyl adjacent to an activating group) is 1. The predicted molar refractivity (Wildman–Crippen MR) is 36.4 cm³/mol. The van der Waals surface area contributed by atoms with Gasteiger partial charge < -0.3 is 10.4 Å². The van der Waals surface area contributed by atoms with E-state index in [2.05, 4.69) is 10.2 Å². The normalized spacial score (nSPS) is 30.7. The average molecular weight is 130 g/mol. The lowest BCUT2D eigenvalue weighted by Gasteiger charge is -2.31. The SMILES string of the molecule is CN1CCNC[C@@H]1CO. The van der Waals surface area contributed by atoms with Crippen LogP contribution in [0.2, 0.25) is 0 Å². The van der Waals surface area contributed by atoms with E-state index in [0.717, 1.165) is 19.6 Å². The van der Waals surface area contributed by atoms with Crippen molar-refractivity contribution >= 4 is 0 Å². The quantitative estimate of drug-likeness (QED) is 0.472. The molecular weight excluding hydrogens is 116 g/mol. The topological polar surface area (TPSA) is 35.5 Å². The molecule has 0 amide bonds. The first-order valence-electron chi connectivity index (χ1n) is 3.36. The standard InChI is InChI=1S/C6H14N2O/c1-8-3-2-7-4-6(8)5-9/h6-7,9H,2-5H2,1H3/t6-/m1/s1. The van der Waals surface area contributed by atoms with Crippen molar-refractivity contribution in [2.75, 3.05) is 33.3 Å². The van der Waals surface area contributed by atoms with E-state index in [4.69, 9.17) is 5.11 Å². The highest BCUT2D eigenvalue weighted by atomic mass is 16.3. The van der Waals surface area contributed by atoms with Gasteiger partial charge in [0, 0.05) is 25.7 Å². The summed E-state index contributed by atoms with van der Waals surface area (Å²) in [6.45, 7) is 3.29. The molecule has 0 spiro atoms. The van der Waals surface area contributed by atoms with Crippen LogP contribution in [0.5, 0.6) is 0 Å². The number of hydrogen-bond acceptors (Lipinski definition) is 3. The van der Waals surface area contributed by atoms with Crippen LogP contribution in [0.25, 0.3) is 0 Å². The van der Waals surface area contributed by atoms with E-state index in [1.807, 2.05) is 7.05 Å². The molecule has 0 aromatic heterocycles. The second-order valence-electron chi connectivity index (χ2n) is 2.52. The molecule has 1 fully saturated rings. The van der Waals surface area contributed by atoms with Gasteiger partial charge in [-0.2, -0.15) is 0 Å².